The second-order valence-electron chi connectivity index (χ2n) is 13.1. The van der Waals surface area contributed by atoms with Crippen molar-refractivity contribution in [3.05, 3.63) is 46.8 Å². The molecule has 3 N–H and O–H groups in total. The third kappa shape index (κ3) is 8.00. The fourth-order valence-corrected chi connectivity index (χ4v) is 7.97. The van der Waals surface area contributed by atoms with Gasteiger partial charge in [0.05, 0.1) is 21.9 Å². The smallest absolute Gasteiger partial charge is 0.417 e. The molecule has 0 unspecified atom stereocenters. The fourth-order valence-electron chi connectivity index (χ4n) is 6.35. The number of carboxylic acids is 1. The molecule has 2 aliphatic carbocycles. The van der Waals surface area contributed by atoms with Crippen molar-refractivity contribution in [2.45, 2.75) is 115 Å². The van der Waals surface area contributed by atoms with E-state index in [0.29, 0.717) is 49.1 Å². The first-order valence-electron chi connectivity index (χ1n) is 15.0. The molecule has 0 radical (unpaired) electrons. The molecule has 0 bridgehead atoms. The maximum absolute atomic E-state index is 14.3. The van der Waals surface area contributed by atoms with Gasteiger partial charge in [-0.05, 0) is 89.5 Å². The van der Waals surface area contributed by atoms with Gasteiger partial charge in [-0.15, -0.1) is 0 Å². The second kappa shape index (κ2) is 12.6. The number of nitrogens with zero attached hydrogens (tertiary/aromatic N) is 1. The maximum Gasteiger partial charge on any atom is 0.417 e. The van der Waals surface area contributed by atoms with Crippen LogP contribution >= 0.6 is 0 Å². The number of benzene rings is 1. The molecule has 1 aromatic heterocycles. The SMILES string of the molecule is Cc1c(C(=O)N[C@H]2CC[C@H](C(=O)O)CC2)cn(-c2ccc(S(=O)(=O)NC(C)(C)C)c(C(F)(F)F)c2)c1CC1CCCCC1. The van der Waals surface area contributed by atoms with Crippen LogP contribution in [0.3, 0.4) is 0 Å². The Hall–Kier alpha value is -2.86. The zero-order valence-electron chi connectivity index (χ0n) is 25.2. The molecule has 2 saturated carbocycles. The fraction of sp³-hybridized carbons (Fsp3) is 0.613. The highest BCUT2D eigenvalue weighted by molar-refractivity contribution is 7.89. The monoisotopic (exact) mass is 625 g/mol. The summed E-state index contributed by atoms with van der Waals surface area (Å²) >= 11 is 0. The lowest BCUT2D eigenvalue weighted by atomic mass is 9.85. The van der Waals surface area contributed by atoms with Crippen LogP contribution in [0.4, 0.5) is 13.2 Å². The topological polar surface area (TPSA) is 118 Å². The van der Waals surface area contributed by atoms with Crippen molar-refractivity contribution < 1.29 is 36.3 Å². The van der Waals surface area contributed by atoms with E-state index in [9.17, 15) is 36.3 Å². The second-order valence-corrected chi connectivity index (χ2v) is 14.7. The van der Waals surface area contributed by atoms with Crippen molar-refractivity contribution in [1.29, 1.82) is 0 Å². The van der Waals surface area contributed by atoms with E-state index in [-0.39, 0.29) is 17.6 Å². The molecule has 1 aromatic carbocycles. The molecule has 43 heavy (non-hydrogen) atoms. The van der Waals surface area contributed by atoms with Crippen LogP contribution in [0, 0.1) is 18.8 Å². The number of halogens is 3. The molecule has 12 heteroatoms. The molecule has 1 heterocycles. The lowest BCUT2D eigenvalue weighted by molar-refractivity contribution is -0.143. The summed E-state index contributed by atoms with van der Waals surface area (Å²) in [5.41, 5.74) is -0.411. The van der Waals surface area contributed by atoms with E-state index in [1.54, 1.807) is 38.5 Å². The number of hydrogen-bond acceptors (Lipinski definition) is 4. The van der Waals surface area contributed by atoms with Crippen LogP contribution in [0.1, 0.15) is 106 Å². The zero-order valence-corrected chi connectivity index (χ0v) is 26.0. The molecule has 238 valence electrons. The van der Waals surface area contributed by atoms with Gasteiger partial charge < -0.3 is 15.0 Å². The minimum Gasteiger partial charge on any atom is -0.481 e. The van der Waals surface area contributed by atoms with Gasteiger partial charge in [-0.1, -0.05) is 32.1 Å². The third-order valence-corrected chi connectivity index (χ3v) is 10.3. The molecule has 8 nitrogen and oxygen atoms in total. The van der Waals surface area contributed by atoms with Crippen molar-refractivity contribution in [3.8, 4) is 5.69 Å². The first-order chi connectivity index (χ1) is 20.0. The summed E-state index contributed by atoms with van der Waals surface area (Å²) < 4.78 is 72.9. The van der Waals surface area contributed by atoms with Gasteiger partial charge in [-0.2, -0.15) is 13.2 Å². The van der Waals surface area contributed by atoms with Crippen LogP contribution in [0.2, 0.25) is 0 Å². The Kier molecular flexibility index (Phi) is 9.71. The van der Waals surface area contributed by atoms with Crippen molar-refractivity contribution in [1.82, 2.24) is 14.6 Å². The minimum absolute atomic E-state index is 0.122. The van der Waals surface area contributed by atoms with E-state index in [1.165, 1.54) is 6.07 Å². The van der Waals surface area contributed by atoms with Crippen molar-refractivity contribution >= 4 is 21.9 Å². The van der Waals surface area contributed by atoms with E-state index in [0.717, 1.165) is 49.9 Å². The Bertz CT molecular complexity index is 1450. The molecule has 2 aromatic rings. The van der Waals surface area contributed by atoms with Crippen LogP contribution < -0.4 is 10.0 Å². The molecular formula is C31H42F3N3O5S. The Labute approximate surface area is 251 Å². The van der Waals surface area contributed by atoms with E-state index in [2.05, 4.69) is 10.0 Å². The summed E-state index contributed by atoms with van der Waals surface area (Å²) in [7, 11) is -4.49. The molecule has 0 atom stereocenters. The number of nitrogens with one attached hydrogen (secondary N) is 2. The minimum atomic E-state index is -4.95. The van der Waals surface area contributed by atoms with Gasteiger partial charge in [0.15, 0.2) is 0 Å². The summed E-state index contributed by atoms with van der Waals surface area (Å²) in [6, 6.07) is 2.98. The zero-order chi connectivity index (χ0) is 31.7. The Morgan fingerprint density at radius 3 is 2.19 bits per heavy atom. The predicted molar refractivity (Wildman–Crippen MR) is 157 cm³/mol. The molecule has 4 rings (SSSR count). The average molecular weight is 626 g/mol. The number of carbonyl (C=O) groups is 2. The van der Waals surface area contributed by atoms with E-state index < -0.39 is 44.1 Å². The van der Waals surface area contributed by atoms with Gasteiger partial charge in [-0.25, -0.2) is 13.1 Å². The molecule has 0 spiro atoms. The van der Waals surface area contributed by atoms with Crippen molar-refractivity contribution in [2.75, 3.05) is 0 Å². The molecule has 0 aliphatic heterocycles. The van der Waals surface area contributed by atoms with E-state index >= 15 is 0 Å². The van der Waals surface area contributed by atoms with Crippen LogP contribution in [0.25, 0.3) is 5.69 Å². The summed E-state index contributed by atoms with van der Waals surface area (Å²) in [4.78, 5) is 23.9. The number of alkyl halides is 3. The molecule has 1 amide bonds. The Morgan fingerprint density at radius 1 is 1.00 bits per heavy atom. The van der Waals surface area contributed by atoms with Crippen molar-refractivity contribution in [2.24, 2.45) is 11.8 Å². The largest absolute Gasteiger partial charge is 0.481 e. The number of aliphatic carboxylic acids is 1. The standard InChI is InChI=1S/C31H42F3N3O5S/c1-19-24(28(38)35-22-12-10-21(11-13-22)29(39)40)18-37(26(19)16-20-8-6-5-7-9-20)23-14-15-27(25(17-23)31(32,33)34)43(41,42)36-30(2,3)4/h14-15,17-18,20-22,36H,5-13,16H2,1-4H3,(H,35,38)(H,39,40)/t21-,22-. The maximum atomic E-state index is 14.3. The van der Waals surface area contributed by atoms with Crippen LogP contribution in [-0.2, 0) is 27.4 Å². The molecule has 0 saturated heterocycles. The number of hydrogen-bond donors (Lipinski definition) is 3. The van der Waals surface area contributed by atoms with Gasteiger partial charge in [0.1, 0.15) is 0 Å². The van der Waals surface area contributed by atoms with E-state index in [1.807, 2.05) is 0 Å². The van der Waals surface area contributed by atoms with Gasteiger partial charge in [-0.3, -0.25) is 9.59 Å². The predicted octanol–water partition coefficient (Wildman–Crippen LogP) is 6.38. The Morgan fingerprint density at radius 2 is 1.63 bits per heavy atom. The highest BCUT2D eigenvalue weighted by Crippen LogP contribution is 2.38. The average Bonchev–Trinajstić information content (AvgIpc) is 3.23. The first-order valence-corrected chi connectivity index (χ1v) is 16.4. The number of amides is 1. The summed E-state index contributed by atoms with van der Waals surface area (Å²) in [6.45, 7) is 6.45. The number of carbonyl (C=O) groups excluding carboxylic acids is 1. The summed E-state index contributed by atoms with van der Waals surface area (Å²) in [6.07, 6.45) is 4.43. The molecule has 2 fully saturated rings. The lowest BCUT2D eigenvalue weighted by Crippen LogP contribution is -2.41. The molecule has 2 aliphatic rings. The summed E-state index contributed by atoms with van der Waals surface area (Å²) in [5, 5.41) is 12.3. The van der Waals surface area contributed by atoms with Crippen LogP contribution in [-0.4, -0.2) is 41.5 Å². The number of aromatic nitrogens is 1. The van der Waals surface area contributed by atoms with Gasteiger partial charge in [0.2, 0.25) is 10.0 Å². The lowest BCUT2D eigenvalue weighted by Gasteiger charge is -2.26. The van der Waals surface area contributed by atoms with Crippen LogP contribution in [0.5, 0.6) is 0 Å². The number of carboxylic acid groups (broad SMARTS) is 1. The van der Waals surface area contributed by atoms with Gasteiger partial charge >= 0.3 is 12.1 Å². The summed E-state index contributed by atoms with van der Waals surface area (Å²) in [5.74, 6) is -1.30. The number of rotatable bonds is 8. The normalized spacial score (nSPS) is 20.6. The quantitative estimate of drug-likeness (QED) is 0.315. The first kappa shape index (κ1) is 33.0. The number of sulfonamides is 1. The third-order valence-electron chi connectivity index (χ3n) is 8.53. The highest BCUT2D eigenvalue weighted by Gasteiger charge is 2.39. The van der Waals surface area contributed by atoms with Crippen LogP contribution in [0.15, 0.2) is 29.3 Å². The van der Waals surface area contributed by atoms with E-state index in [4.69, 9.17) is 0 Å². The Balaban J connectivity index is 1.74. The molecular weight excluding hydrogens is 583 g/mol. The highest BCUT2D eigenvalue weighted by atomic mass is 32.2. The van der Waals surface area contributed by atoms with Gasteiger partial charge in [0, 0.05) is 29.2 Å². The van der Waals surface area contributed by atoms with Gasteiger partial charge in [0.25, 0.3) is 5.91 Å². The van der Waals surface area contributed by atoms with Crippen molar-refractivity contribution in [3.63, 3.8) is 0 Å².